The average Bonchev–Trinajstić information content (AvgIpc) is 3.77. The number of amides is 2. The molecule has 7 rings (SSSR count). The number of aromatic nitrogens is 4. The third kappa shape index (κ3) is 6.08. The maximum Gasteiger partial charge on any atom is 0.268 e. The third-order valence-electron chi connectivity index (χ3n) is 9.17. The number of nitrogen functional groups attached to an aromatic ring is 1. The number of hydrogen-bond acceptors (Lipinski definition) is 7. The van der Waals surface area contributed by atoms with Gasteiger partial charge in [0.2, 0.25) is 5.43 Å². The monoisotopic (exact) mass is 664 g/mol. The molecule has 5 aromatic rings. The summed E-state index contributed by atoms with van der Waals surface area (Å²) in [5.74, 6) is -2.77. The van der Waals surface area contributed by atoms with Gasteiger partial charge in [0.05, 0.1) is 23.5 Å². The van der Waals surface area contributed by atoms with Crippen molar-refractivity contribution in [2.45, 2.75) is 37.8 Å². The van der Waals surface area contributed by atoms with Gasteiger partial charge < -0.3 is 26.7 Å². The van der Waals surface area contributed by atoms with Crippen LogP contribution in [0.3, 0.4) is 0 Å². The summed E-state index contributed by atoms with van der Waals surface area (Å²) in [6.07, 6.45) is 8.81. The lowest BCUT2D eigenvalue weighted by Crippen LogP contribution is -2.35. The second-order valence-electron chi connectivity index (χ2n) is 12.5. The van der Waals surface area contributed by atoms with E-state index >= 15 is 4.39 Å². The normalized spacial score (nSPS) is 14.9. The Morgan fingerprint density at radius 2 is 1.63 bits per heavy atom. The molecule has 2 amide bonds. The fourth-order valence-corrected chi connectivity index (χ4v) is 6.47. The topological polar surface area (TPSA) is 163 Å². The number of nitrogens with one attached hydrogen (secondary N) is 2. The second-order valence-corrected chi connectivity index (χ2v) is 12.5. The molecule has 0 bridgehead atoms. The zero-order valence-corrected chi connectivity index (χ0v) is 26.7. The summed E-state index contributed by atoms with van der Waals surface area (Å²) in [5.41, 5.74) is 12.9. The number of halogens is 2. The Morgan fingerprint density at radius 1 is 0.918 bits per heavy atom. The van der Waals surface area contributed by atoms with E-state index in [4.69, 9.17) is 11.5 Å². The molecule has 1 aliphatic heterocycles. The van der Waals surface area contributed by atoms with Crippen molar-refractivity contribution >= 4 is 17.6 Å². The fourth-order valence-electron chi connectivity index (χ4n) is 6.47. The highest BCUT2D eigenvalue weighted by Gasteiger charge is 2.32. The molecule has 4 heterocycles. The van der Waals surface area contributed by atoms with Crippen LogP contribution in [-0.4, -0.2) is 50.3 Å². The fraction of sp³-hybridized carbons (Fsp3) is 0.250. The first kappa shape index (κ1) is 31.9. The molecule has 250 valence electrons. The number of primary amides is 1. The van der Waals surface area contributed by atoms with E-state index in [1.54, 1.807) is 18.5 Å². The van der Waals surface area contributed by atoms with Crippen molar-refractivity contribution in [1.82, 2.24) is 30.0 Å². The van der Waals surface area contributed by atoms with Crippen molar-refractivity contribution in [2.75, 3.05) is 18.8 Å². The summed E-state index contributed by atoms with van der Waals surface area (Å²) in [7, 11) is 1.50. The van der Waals surface area contributed by atoms with E-state index in [2.05, 4.69) is 20.7 Å². The van der Waals surface area contributed by atoms with Crippen LogP contribution >= 0.6 is 0 Å². The van der Waals surface area contributed by atoms with E-state index in [-0.39, 0.29) is 51.5 Å². The molecule has 0 radical (unpaired) electrons. The number of rotatable bonds is 8. The first-order valence-electron chi connectivity index (χ1n) is 16.1. The lowest BCUT2D eigenvalue weighted by Gasteiger charge is -2.22. The standard InChI is InChI=1S/C36H34F2N8O3/c1-45-31(30(35(40)48)33(47)29(19-2-5-23(37)6-3-19)32(45)36(49)44-24-7-8-24)20-4-9-26(28(38)15-20)27-14-21(16-42-34(27)39)22-17-43-46(18-22)25-10-12-41-13-11-25/h2-6,9,14-18,24-25,41H,7-8,10-13H2,1H3,(H2,39,42)(H2,40,48)(H,44,49). The number of nitrogens with zero attached hydrogens (tertiary/aromatic N) is 4. The van der Waals surface area contributed by atoms with Gasteiger partial charge in [0, 0.05) is 53.3 Å². The van der Waals surface area contributed by atoms with Crippen LogP contribution in [0, 0.1) is 11.6 Å². The van der Waals surface area contributed by atoms with Crippen molar-refractivity contribution in [1.29, 1.82) is 0 Å². The molecule has 11 nitrogen and oxygen atoms in total. The van der Waals surface area contributed by atoms with Gasteiger partial charge in [-0.1, -0.05) is 24.3 Å². The number of benzene rings is 2. The predicted molar refractivity (Wildman–Crippen MR) is 181 cm³/mol. The van der Waals surface area contributed by atoms with Gasteiger partial charge in [-0.3, -0.25) is 19.1 Å². The third-order valence-corrected chi connectivity index (χ3v) is 9.17. The van der Waals surface area contributed by atoms with Crippen LogP contribution in [0.25, 0.3) is 44.6 Å². The maximum atomic E-state index is 16.1. The zero-order chi connectivity index (χ0) is 34.4. The van der Waals surface area contributed by atoms with Crippen LogP contribution in [0.4, 0.5) is 14.6 Å². The van der Waals surface area contributed by atoms with Crippen LogP contribution in [-0.2, 0) is 7.05 Å². The van der Waals surface area contributed by atoms with E-state index in [0.717, 1.165) is 62.5 Å². The molecule has 1 aliphatic carbocycles. The number of pyridine rings is 2. The van der Waals surface area contributed by atoms with Crippen LogP contribution in [0.15, 0.2) is 71.9 Å². The van der Waals surface area contributed by atoms with Crippen LogP contribution in [0.2, 0.25) is 0 Å². The summed E-state index contributed by atoms with van der Waals surface area (Å²) in [6.45, 7) is 1.84. The Labute approximate surface area is 280 Å². The quantitative estimate of drug-likeness (QED) is 0.191. The molecule has 6 N–H and O–H groups in total. The number of piperidine rings is 1. The molecule has 0 unspecified atom stereocenters. The van der Waals surface area contributed by atoms with Gasteiger partial charge in [0.1, 0.15) is 28.7 Å². The number of anilines is 1. The highest BCUT2D eigenvalue weighted by molar-refractivity contribution is 6.05. The Morgan fingerprint density at radius 3 is 2.31 bits per heavy atom. The Kier molecular flexibility index (Phi) is 8.28. The number of carbonyl (C=O) groups excluding carboxylic acids is 2. The van der Waals surface area contributed by atoms with Gasteiger partial charge in [-0.2, -0.15) is 5.10 Å². The predicted octanol–water partition coefficient (Wildman–Crippen LogP) is 4.42. The summed E-state index contributed by atoms with van der Waals surface area (Å²) in [6, 6.07) is 11.1. The minimum absolute atomic E-state index is 0.0417. The van der Waals surface area contributed by atoms with Crippen LogP contribution in [0.1, 0.15) is 52.6 Å². The SMILES string of the molecule is Cn1c(C(=O)NC2CC2)c(-c2ccc(F)cc2)c(=O)c(C(N)=O)c1-c1ccc(-c2cc(-c3cnn(C4CCNCC4)c3)cnc2N)c(F)c1. The Bertz CT molecular complexity index is 2170. The van der Waals surface area contributed by atoms with Gasteiger partial charge in [0.15, 0.2) is 0 Å². The molecule has 49 heavy (non-hydrogen) atoms. The highest BCUT2D eigenvalue weighted by atomic mass is 19.1. The molecule has 2 fully saturated rings. The average molecular weight is 665 g/mol. The molecule has 13 heteroatoms. The van der Waals surface area contributed by atoms with Crippen molar-refractivity contribution in [3.8, 4) is 44.6 Å². The summed E-state index contributed by atoms with van der Waals surface area (Å²) in [5, 5.41) is 10.8. The van der Waals surface area contributed by atoms with Gasteiger partial charge in [-0.05, 0) is 68.6 Å². The molecule has 3 aromatic heterocycles. The maximum absolute atomic E-state index is 16.1. The highest BCUT2D eigenvalue weighted by Crippen LogP contribution is 2.36. The largest absolute Gasteiger partial charge is 0.383 e. The van der Waals surface area contributed by atoms with Crippen molar-refractivity contribution < 1.29 is 18.4 Å². The van der Waals surface area contributed by atoms with Crippen LogP contribution in [0.5, 0.6) is 0 Å². The van der Waals surface area contributed by atoms with Crippen molar-refractivity contribution in [2.24, 2.45) is 12.8 Å². The molecule has 0 atom stereocenters. The first-order valence-corrected chi connectivity index (χ1v) is 16.1. The Hall–Kier alpha value is -5.69. The van der Waals surface area contributed by atoms with Gasteiger partial charge in [-0.15, -0.1) is 0 Å². The summed E-state index contributed by atoms with van der Waals surface area (Å²) >= 11 is 0. The molecule has 1 saturated heterocycles. The lowest BCUT2D eigenvalue weighted by molar-refractivity contribution is 0.0939. The van der Waals surface area contributed by atoms with E-state index in [1.807, 2.05) is 10.9 Å². The minimum Gasteiger partial charge on any atom is -0.383 e. The van der Waals surface area contributed by atoms with Crippen molar-refractivity contribution in [3.63, 3.8) is 0 Å². The zero-order valence-electron chi connectivity index (χ0n) is 26.7. The van der Waals surface area contributed by atoms with Gasteiger partial charge in [0.25, 0.3) is 11.8 Å². The summed E-state index contributed by atoms with van der Waals surface area (Å²) < 4.78 is 33.3. The smallest absolute Gasteiger partial charge is 0.268 e. The van der Waals surface area contributed by atoms with Crippen LogP contribution < -0.4 is 27.5 Å². The minimum atomic E-state index is -1.07. The number of nitrogens with two attached hydrogens (primary N) is 2. The van der Waals surface area contributed by atoms with Gasteiger partial charge in [-0.25, -0.2) is 13.8 Å². The van der Waals surface area contributed by atoms with Crippen molar-refractivity contribution in [3.05, 3.63) is 100 Å². The summed E-state index contributed by atoms with van der Waals surface area (Å²) in [4.78, 5) is 44.9. The molecule has 2 aliphatic rings. The molecular weight excluding hydrogens is 630 g/mol. The van der Waals surface area contributed by atoms with Gasteiger partial charge >= 0.3 is 0 Å². The number of hydrogen-bond donors (Lipinski definition) is 4. The van der Waals surface area contributed by atoms with E-state index in [1.165, 1.54) is 35.9 Å². The first-order chi connectivity index (χ1) is 23.6. The molecule has 0 spiro atoms. The molecule has 1 saturated carbocycles. The molecular formula is C36H34F2N8O3. The van der Waals surface area contributed by atoms with E-state index < -0.39 is 34.4 Å². The second kappa shape index (κ2) is 12.7. The number of carbonyl (C=O) groups is 2. The lowest BCUT2D eigenvalue weighted by atomic mass is 9.94. The molecule has 2 aromatic carbocycles. The Balaban J connectivity index is 1.32. The van der Waals surface area contributed by atoms with E-state index in [0.29, 0.717) is 11.1 Å². The van der Waals surface area contributed by atoms with E-state index in [9.17, 15) is 18.8 Å².